The molecule has 1 aromatic rings. The summed E-state index contributed by atoms with van der Waals surface area (Å²) in [4.78, 5) is 12.4. The van der Waals surface area contributed by atoms with Crippen molar-refractivity contribution in [2.45, 2.75) is 52.4 Å². The summed E-state index contributed by atoms with van der Waals surface area (Å²) in [5.41, 5.74) is -0.585. The molecule has 124 valence electrons. The SMILES string of the molecule is CCC(C)(CC(C)(C)C)C(=O)Oc1ccc(S(N)(=O)=O)cc1. The highest BCUT2D eigenvalue weighted by molar-refractivity contribution is 7.89. The Labute approximate surface area is 132 Å². The lowest BCUT2D eigenvalue weighted by atomic mass is 9.73. The van der Waals surface area contributed by atoms with Gasteiger partial charge in [0.25, 0.3) is 0 Å². The van der Waals surface area contributed by atoms with Crippen LogP contribution in [0.2, 0.25) is 0 Å². The maximum atomic E-state index is 12.5. The van der Waals surface area contributed by atoms with Crippen molar-refractivity contribution in [1.82, 2.24) is 0 Å². The second kappa shape index (κ2) is 6.38. The molecule has 1 rings (SSSR count). The van der Waals surface area contributed by atoms with Crippen molar-refractivity contribution in [3.63, 3.8) is 0 Å². The third-order valence-electron chi connectivity index (χ3n) is 3.56. The first-order valence-electron chi connectivity index (χ1n) is 7.22. The Kier molecular flexibility index (Phi) is 5.41. The lowest BCUT2D eigenvalue weighted by molar-refractivity contribution is -0.147. The predicted molar refractivity (Wildman–Crippen MR) is 85.9 cm³/mol. The lowest BCUT2D eigenvalue weighted by Crippen LogP contribution is -2.35. The molecule has 1 aromatic carbocycles. The predicted octanol–water partition coefficient (Wildman–Crippen LogP) is 3.09. The molecule has 0 saturated heterocycles. The van der Waals surface area contributed by atoms with Gasteiger partial charge in [-0.25, -0.2) is 13.6 Å². The molecule has 0 fully saturated rings. The van der Waals surface area contributed by atoms with E-state index in [1.807, 2.05) is 13.8 Å². The van der Waals surface area contributed by atoms with E-state index in [4.69, 9.17) is 9.88 Å². The van der Waals surface area contributed by atoms with Crippen LogP contribution in [0.3, 0.4) is 0 Å². The number of benzene rings is 1. The van der Waals surface area contributed by atoms with E-state index >= 15 is 0 Å². The molecule has 6 heteroatoms. The first kappa shape index (κ1) is 18.6. The normalized spacial score (nSPS) is 15.2. The smallest absolute Gasteiger partial charge is 0.317 e. The van der Waals surface area contributed by atoms with Gasteiger partial charge in [0, 0.05) is 0 Å². The fourth-order valence-electron chi connectivity index (χ4n) is 2.44. The minimum absolute atomic E-state index is 0.00126. The zero-order chi connectivity index (χ0) is 17.2. The third kappa shape index (κ3) is 5.10. The lowest BCUT2D eigenvalue weighted by Gasteiger charge is -2.32. The summed E-state index contributed by atoms with van der Waals surface area (Å²) < 4.78 is 27.8. The molecular formula is C16H25NO4S. The molecule has 0 aliphatic carbocycles. The van der Waals surface area contributed by atoms with Crippen molar-refractivity contribution in [1.29, 1.82) is 0 Å². The van der Waals surface area contributed by atoms with Gasteiger partial charge in [-0.1, -0.05) is 27.7 Å². The number of hydrogen-bond donors (Lipinski definition) is 1. The van der Waals surface area contributed by atoms with Gasteiger partial charge >= 0.3 is 5.97 Å². The maximum Gasteiger partial charge on any atom is 0.317 e. The number of carbonyl (C=O) groups is 1. The van der Waals surface area contributed by atoms with Crippen LogP contribution in [0.1, 0.15) is 47.5 Å². The molecule has 0 bridgehead atoms. The van der Waals surface area contributed by atoms with Gasteiger partial charge in [0.2, 0.25) is 10.0 Å². The maximum absolute atomic E-state index is 12.5. The van der Waals surface area contributed by atoms with Gasteiger partial charge < -0.3 is 4.74 Å². The largest absolute Gasteiger partial charge is 0.426 e. The van der Waals surface area contributed by atoms with Gasteiger partial charge in [-0.2, -0.15) is 0 Å². The standard InChI is InChI=1S/C16H25NO4S/c1-6-16(5,11-15(2,3)4)14(18)21-12-7-9-13(10-8-12)22(17,19)20/h7-10H,6,11H2,1-5H3,(H2,17,19,20). The number of carbonyl (C=O) groups excluding carboxylic acids is 1. The van der Waals surface area contributed by atoms with E-state index in [1.54, 1.807) is 0 Å². The Balaban J connectivity index is 2.91. The number of ether oxygens (including phenoxy) is 1. The van der Waals surface area contributed by atoms with Crippen LogP contribution in [0.5, 0.6) is 5.75 Å². The number of nitrogens with two attached hydrogens (primary N) is 1. The molecule has 0 aliphatic rings. The Bertz CT molecular complexity index is 629. The number of rotatable bonds is 5. The summed E-state index contributed by atoms with van der Waals surface area (Å²) in [5, 5.41) is 5.03. The van der Waals surface area contributed by atoms with Crippen molar-refractivity contribution in [2.75, 3.05) is 0 Å². The second-order valence-electron chi connectivity index (χ2n) is 7.06. The fourth-order valence-corrected chi connectivity index (χ4v) is 2.96. The Morgan fingerprint density at radius 3 is 2.00 bits per heavy atom. The molecule has 0 aliphatic heterocycles. The summed E-state index contributed by atoms with van der Waals surface area (Å²) in [6, 6.07) is 5.52. The molecule has 0 radical (unpaired) electrons. The van der Waals surface area contributed by atoms with Gasteiger partial charge in [-0.15, -0.1) is 0 Å². The minimum Gasteiger partial charge on any atom is -0.426 e. The van der Waals surface area contributed by atoms with Gasteiger partial charge in [0.15, 0.2) is 0 Å². The van der Waals surface area contributed by atoms with Crippen molar-refractivity contribution < 1.29 is 17.9 Å². The van der Waals surface area contributed by atoms with Crippen LogP contribution in [-0.2, 0) is 14.8 Å². The first-order chi connectivity index (χ1) is 9.87. The molecule has 1 atom stereocenters. The van der Waals surface area contributed by atoms with E-state index in [-0.39, 0.29) is 16.3 Å². The van der Waals surface area contributed by atoms with Crippen LogP contribution in [0.25, 0.3) is 0 Å². The number of hydrogen-bond acceptors (Lipinski definition) is 4. The van der Waals surface area contributed by atoms with Crippen LogP contribution in [0, 0.1) is 10.8 Å². The Morgan fingerprint density at radius 1 is 1.14 bits per heavy atom. The van der Waals surface area contributed by atoms with E-state index in [9.17, 15) is 13.2 Å². The molecule has 0 heterocycles. The monoisotopic (exact) mass is 327 g/mol. The van der Waals surface area contributed by atoms with Crippen molar-refractivity contribution >= 4 is 16.0 Å². The number of primary sulfonamides is 1. The van der Waals surface area contributed by atoms with E-state index in [1.165, 1.54) is 24.3 Å². The van der Waals surface area contributed by atoms with Crippen LogP contribution in [0.15, 0.2) is 29.2 Å². The van der Waals surface area contributed by atoms with Gasteiger partial charge in [0.05, 0.1) is 10.3 Å². The summed E-state index contributed by atoms with van der Waals surface area (Å²) in [5.74, 6) is -0.000681. The van der Waals surface area contributed by atoms with Gasteiger partial charge in [-0.05, 0) is 49.4 Å². The fraction of sp³-hybridized carbons (Fsp3) is 0.562. The number of esters is 1. The molecule has 5 nitrogen and oxygen atoms in total. The van der Waals surface area contributed by atoms with E-state index in [0.29, 0.717) is 18.6 Å². The van der Waals surface area contributed by atoms with E-state index < -0.39 is 15.4 Å². The molecule has 1 unspecified atom stereocenters. The average Bonchev–Trinajstić information content (AvgIpc) is 2.36. The molecular weight excluding hydrogens is 302 g/mol. The van der Waals surface area contributed by atoms with E-state index in [2.05, 4.69) is 20.8 Å². The highest BCUT2D eigenvalue weighted by Gasteiger charge is 2.37. The third-order valence-corrected chi connectivity index (χ3v) is 4.49. The average molecular weight is 327 g/mol. The molecule has 0 spiro atoms. The van der Waals surface area contributed by atoms with Gasteiger partial charge in [-0.3, -0.25) is 4.79 Å². The summed E-state index contributed by atoms with van der Waals surface area (Å²) in [6.07, 6.45) is 1.36. The van der Waals surface area contributed by atoms with Crippen molar-refractivity contribution in [3.05, 3.63) is 24.3 Å². The summed E-state index contributed by atoms with van der Waals surface area (Å²) in [7, 11) is -3.75. The van der Waals surface area contributed by atoms with Crippen LogP contribution in [-0.4, -0.2) is 14.4 Å². The molecule has 22 heavy (non-hydrogen) atoms. The van der Waals surface area contributed by atoms with Crippen LogP contribution in [0.4, 0.5) is 0 Å². The van der Waals surface area contributed by atoms with Crippen molar-refractivity contribution in [2.24, 2.45) is 16.0 Å². The summed E-state index contributed by atoms with van der Waals surface area (Å²) >= 11 is 0. The van der Waals surface area contributed by atoms with Crippen LogP contribution < -0.4 is 9.88 Å². The Hall–Kier alpha value is -1.40. The molecule has 0 saturated carbocycles. The topological polar surface area (TPSA) is 86.5 Å². The molecule has 0 aromatic heterocycles. The Morgan fingerprint density at radius 2 is 1.64 bits per heavy atom. The van der Waals surface area contributed by atoms with Gasteiger partial charge in [0.1, 0.15) is 5.75 Å². The zero-order valence-electron chi connectivity index (χ0n) is 13.8. The minimum atomic E-state index is -3.75. The first-order valence-corrected chi connectivity index (χ1v) is 8.77. The highest BCUT2D eigenvalue weighted by atomic mass is 32.2. The number of sulfonamides is 1. The molecule has 0 amide bonds. The zero-order valence-corrected chi connectivity index (χ0v) is 14.7. The summed E-state index contributed by atoms with van der Waals surface area (Å²) in [6.45, 7) is 10.1. The quantitative estimate of drug-likeness (QED) is 0.665. The molecule has 2 N–H and O–H groups in total. The van der Waals surface area contributed by atoms with Crippen LogP contribution >= 0.6 is 0 Å². The van der Waals surface area contributed by atoms with Crippen molar-refractivity contribution in [3.8, 4) is 5.75 Å². The highest BCUT2D eigenvalue weighted by Crippen LogP contribution is 2.37. The van der Waals surface area contributed by atoms with E-state index in [0.717, 1.165) is 0 Å². The second-order valence-corrected chi connectivity index (χ2v) is 8.62.